The summed E-state index contributed by atoms with van der Waals surface area (Å²) in [6.45, 7) is 0. The highest BCUT2D eigenvalue weighted by Gasteiger charge is 2.05. The van der Waals surface area contributed by atoms with Crippen LogP contribution in [0.1, 0.15) is 10.6 Å². The van der Waals surface area contributed by atoms with Gasteiger partial charge in [-0.25, -0.2) is 4.98 Å². The van der Waals surface area contributed by atoms with Crippen LogP contribution in [0, 0.1) is 0 Å². The van der Waals surface area contributed by atoms with Crippen LogP contribution < -0.4 is 5.32 Å². The molecule has 54 valence electrons. The highest BCUT2D eigenvalue weighted by Crippen LogP contribution is 2.03. The molecule has 4 nitrogen and oxygen atoms in total. The maximum atomic E-state index is 10.8. The predicted molar refractivity (Wildman–Crippen MR) is 39.7 cm³/mol. The lowest BCUT2D eigenvalue weighted by Gasteiger charge is -1.90. The predicted octanol–water partition coefficient (Wildman–Crippen LogP) is 0.532. The molecule has 2 N–H and O–H groups in total. The Morgan fingerprint density at radius 1 is 1.90 bits per heavy atom. The smallest absolute Gasteiger partial charge is 0.286 e. The number of carbonyl (C=O) groups is 1. The summed E-state index contributed by atoms with van der Waals surface area (Å²) in [5.41, 5.74) is 0. The van der Waals surface area contributed by atoms with Crippen molar-refractivity contribution in [2.24, 2.45) is 0 Å². The molecule has 0 atom stereocenters. The fourth-order valence-electron chi connectivity index (χ4n) is 0.533. The van der Waals surface area contributed by atoms with E-state index in [4.69, 9.17) is 0 Å². The Morgan fingerprint density at radius 3 is 3.00 bits per heavy atom. The summed E-state index contributed by atoms with van der Waals surface area (Å²) in [6.07, 6.45) is 1.53. The molecule has 1 aromatic heterocycles. The lowest BCUT2D eigenvalue weighted by atomic mass is 10.6. The van der Waals surface area contributed by atoms with Crippen LogP contribution in [-0.4, -0.2) is 22.9 Å². The number of aromatic nitrogens is 2. The molecule has 0 fully saturated rings. The van der Waals surface area contributed by atoms with E-state index in [-0.39, 0.29) is 5.91 Å². The van der Waals surface area contributed by atoms with Crippen molar-refractivity contribution >= 4 is 21.8 Å². The zero-order valence-electron chi connectivity index (χ0n) is 5.31. The van der Waals surface area contributed by atoms with E-state index in [2.05, 4.69) is 31.2 Å². The van der Waals surface area contributed by atoms with E-state index >= 15 is 0 Å². The summed E-state index contributed by atoms with van der Waals surface area (Å²) in [6, 6.07) is 0. The Kier molecular flexibility index (Phi) is 2.06. The molecule has 0 saturated heterocycles. The zero-order chi connectivity index (χ0) is 7.56. The second-order valence-electron chi connectivity index (χ2n) is 1.66. The van der Waals surface area contributed by atoms with E-state index in [9.17, 15) is 4.79 Å². The minimum Gasteiger partial charge on any atom is -0.352 e. The van der Waals surface area contributed by atoms with Gasteiger partial charge in [-0.2, -0.15) is 0 Å². The molecule has 1 rings (SSSR count). The maximum Gasteiger partial charge on any atom is 0.286 e. The van der Waals surface area contributed by atoms with E-state index in [0.29, 0.717) is 10.4 Å². The van der Waals surface area contributed by atoms with Crippen LogP contribution >= 0.6 is 15.9 Å². The minimum atomic E-state index is -0.217. The van der Waals surface area contributed by atoms with Crippen molar-refractivity contribution in [2.45, 2.75) is 0 Å². The Morgan fingerprint density at radius 2 is 2.60 bits per heavy atom. The summed E-state index contributed by atoms with van der Waals surface area (Å²) in [4.78, 5) is 17.3. The highest BCUT2D eigenvalue weighted by molar-refractivity contribution is 9.10. The van der Waals surface area contributed by atoms with Crippen molar-refractivity contribution in [3.8, 4) is 0 Å². The van der Waals surface area contributed by atoms with Crippen LogP contribution in [-0.2, 0) is 0 Å². The number of halogens is 1. The second kappa shape index (κ2) is 2.83. The number of amides is 1. The molecule has 10 heavy (non-hydrogen) atoms. The first-order valence-corrected chi connectivity index (χ1v) is 3.46. The van der Waals surface area contributed by atoms with Crippen molar-refractivity contribution in [3.63, 3.8) is 0 Å². The molecule has 0 saturated carbocycles. The first-order valence-electron chi connectivity index (χ1n) is 2.66. The average molecular weight is 204 g/mol. The van der Waals surface area contributed by atoms with Gasteiger partial charge in [-0.3, -0.25) is 4.79 Å². The van der Waals surface area contributed by atoms with Gasteiger partial charge in [0.05, 0.1) is 6.20 Å². The normalized spacial score (nSPS) is 9.40. The minimum absolute atomic E-state index is 0.217. The number of aromatic amines is 1. The van der Waals surface area contributed by atoms with Crippen molar-refractivity contribution in [1.82, 2.24) is 15.3 Å². The lowest BCUT2D eigenvalue weighted by molar-refractivity contribution is 0.0953. The third-order valence-electron chi connectivity index (χ3n) is 0.987. The van der Waals surface area contributed by atoms with Gasteiger partial charge < -0.3 is 10.3 Å². The SMILES string of the molecule is CNC(=O)c1ncc(Br)[nH]1. The van der Waals surface area contributed by atoms with Gasteiger partial charge in [0.15, 0.2) is 5.82 Å². The van der Waals surface area contributed by atoms with E-state index in [1.165, 1.54) is 6.20 Å². The van der Waals surface area contributed by atoms with Crippen molar-refractivity contribution in [2.75, 3.05) is 7.05 Å². The number of carbonyl (C=O) groups excluding carboxylic acids is 1. The van der Waals surface area contributed by atoms with Crippen molar-refractivity contribution in [3.05, 3.63) is 16.6 Å². The van der Waals surface area contributed by atoms with Gasteiger partial charge in [0.2, 0.25) is 0 Å². The van der Waals surface area contributed by atoms with E-state index in [1.807, 2.05) is 0 Å². The maximum absolute atomic E-state index is 10.8. The number of hydrogen-bond acceptors (Lipinski definition) is 2. The van der Waals surface area contributed by atoms with Crippen molar-refractivity contribution in [1.29, 1.82) is 0 Å². The third-order valence-corrected chi connectivity index (χ3v) is 1.39. The fraction of sp³-hybridized carbons (Fsp3) is 0.200. The van der Waals surface area contributed by atoms with Crippen LogP contribution in [0.2, 0.25) is 0 Å². The molecule has 5 heteroatoms. The third kappa shape index (κ3) is 1.36. The molecule has 0 aromatic carbocycles. The van der Waals surface area contributed by atoms with E-state index in [1.54, 1.807) is 7.05 Å². The number of nitrogens with one attached hydrogen (secondary N) is 2. The quantitative estimate of drug-likeness (QED) is 0.700. The van der Waals surface area contributed by atoms with Crippen LogP contribution in [0.25, 0.3) is 0 Å². The van der Waals surface area contributed by atoms with Gasteiger partial charge in [-0.1, -0.05) is 0 Å². The molecule has 0 radical (unpaired) electrons. The molecule has 0 bridgehead atoms. The Labute approximate surface area is 66.2 Å². The molecule has 1 aromatic rings. The first-order chi connectivity index (χ1) is 4.74. The molecular formula is C5H6BrN3O. The fourth-order valence-corrected chi connectivity index (χ4v) is 0.823. The molecule has 0 aliphatic heterocycles. The highest BCUT2D eigenvalue weighted by atomic mass is 79.9. The number of rotatable bonds is 1. The monoisotopic (exact) mass is 203 g/mol. The van der Waals surface area contributed by atoms with E-state index < -0.39 is 0 Å². The molecule has 0 spiro atoms. The number of hydrogen-bond donors (Lipinski definition) is 2. The van der Waals surface area contributed by atoms with Gasteiger partial charge in [-0.15, -0.1) is 0 Å². The van der Waals surface area contributed by atoms with Crippen LogP contribution in [0.5, 0.6) is 0 Å². The topological polar surface area (TPSA) is 57.8 Å². The molecule has 0 aliphatic rings. The van der Waals surface area contributed by atoms with Crippen molar-refractivity contribution < 1.29 is 4.79 Å². The van der Waals surface area contributed by atoms with E-state index in [0.717, 1.165) is 0 Å². The summed E-state index contributed by atoms with van der Waals surface area (Å²) >= 11 is 3.13. The van der Waals surface area contributed by atoms with Crippen LogP contribution in [0.4, 0.5) is 0 Å². The first kappa shape index (κ1) is 7.27. The van der Waals surface area contributed by atoms with Gasteiger partial charge in [0.25, 0.3) is 5.91 Å². The zero-order valence-corrected chi connectivity index (χ0v) is 6.90. The largest absolute Gasteiger partial charge is 0.352 e. The lowest BCUT2D eigenvalue weighted by Crippen LogP contribution is -2.19. The van der Waals surface area contributed by atoms with Gasteiger partial charge in [0, 0.05) is 7.05 Å². The Hall–Kier alpha value is -0.840. The summed E-state index contributed by atoms with van der Waals surface area (Å²) in [5.74, 6) is 0.0973. The molecule has 1 heterocycles. The van der Waals surface area contributed by atoms with Crippen LogP contribution in [0.3, 0.4) is 0 Å². The van der Waals surface area contributed by atoms with Gasteiger partial charge in [0.1, 0.15) is 4.60 Å². The standard InChI is InChI=1S/C5H6BrN3O/c1-7-5(10)4-8-2-3(6)9-4/h2H,1H3,(H,7,10)(H,8,9). The summed E-state index contributed by atoms with van der Waals surface area (Å²) in [5, 5.41) is 2.44. The molecule has 0 aliphatic carbocycles. The molecule has 0 unspecified atom stereocenters. The number of H-pyrrole nitrogens is 1. The second-order valence-corrected chi connectivity index (χ2v) is 2.51. The van der Waals surface area contributed by atoms with Gasteiger partial charge in [-0.05, 0) is 15.9 Å². The molecule has 1 amide bonds. The van der Waals surface area contributed by atoms with Gasteiger partial charge >= 0.3 is 0 Å². The summed E-state index contributed by atoms with van der Waals surface area (Å²) in [7, 11) is 1.55. The Bertz CT molecular complexity index is 245. The summed E-state index contributed by atoms with van der Waals surface area (Å²) < 4.78 is 0.700. The Balaban J connectivity index is 2.85. The number of nitrogens with zero attached hydrogens (tertiary/aromatic N) is 1. The van der Waals surface area contributed by atoms with Crippen LogP contribution in [0.15, 0.2) is 10.8 Å². The average Bonchev–Trinajstić information content (AvgIpc) is 2.34. The number of imidazole rings is 1. The molecular weight excluding hydrogens is 198 g/mol.